The smallest absolute Gasteiger partial charge is 0.251 e. The van der Waals surface area contributed by atoms with Crippen LogP contribution < -0.4 is 5.32 Å². The zero-order chi connectivity index (χ0) is 19.6. The monoisotopic (exact) mass is 381 g/mol. The van der Waals surface area contributed by atoms with E-state index in [-0.39, 0.29) is 5.91 Å². The molecular formula is C23H31N3O2. The van der Waals surface area contributed by atoms with E-state index in [0.717, 1.165) is 51.3 Å². The van der Waals surface area contributed by atoms with E-state index in [1.807, 2.05) is 24.3 Å². The molecule has 28 heavy (non-hydrogen) atoms. The van der Waals surface area contributed by atoms with Crippen molar-refractivity contribution in [3.63, 3.8) is 0 Å². The Morgan fingerprint density at radius 3 is 2.29 bits per heavy atom. The summed E-state index contributed by atoms with van der Waals surface area (Å²) in [6, 6.07) is 18.3. The SMILES string of the molecule is COCc1ccc(C(=O)NCCCN2CCN(Cc3ccccc3)CC2)cc1. The minimum Gasteiger partial charge on any atom is -0.380 e. The molecule has 5 nitrogen and oxygen atoms in total. The van der Waals surface area contributed by atoms with E-state index in [4.69, 9.17) is 4.74 Å². The van der Waals surface area contributed by atoms with Crippen LogP contribution in [-0.4, -0.2) is 62.1 Å². The summed E-state index contributed by atoms with van der Waals surface area (Å²) < 4.78 is 5.09. The van der Waals surface area contributed by atoms with E-state index < -0.39 is 0 Å². The molecule has 0 atom stereocenters. The molecular weight excluding hydrogens is 350 g/mol. The molecule has 0 bridgehead atoms. The van der Waals surface area contributed by atoms with Gasteiger partial charge in [0.25, 0.3) is 5.91 Å². The largest absolute Gasteiger partial charge is 0.380 e. The van der Waals surface area contributed by atoms with Crippen molar-refractivity contribution in [1.29, 1.82) is 0 Å². The highest BCUT2D eigenvalue weighted by molar-refractivity contribution is 5.94. The van der Waals surface area contributed by atoms with Crippen LogP contribution in [0.2, 0.25) is 0 Å². The number of methoxy groups -OCH3 is 1. The Labute approximate surface area is 168 Å². The molecule has 150 valence electrons. The Morgan fingerprint density at radius 1 is 0.929 bits per heavy atom. The first-order chi connectivity index (χ1) is 13.7. The van der Waals surface area contributed by atoms with E-state index in [1.54, 1.807) is 7.11 Å². The van der Waals surface area contributed by atoms with Gasteiger partial charge in [-0.05, 0) is 36.2 Å². The van der Waals surface area contributed by atoms with Gasteiger partial charge in [-0.1, -0.05) is 42.5 Å². The summed E-state index contributed by atoms with van der Waals surface area (Å²) in [6.45, 7) is 7.76. The predicted octanol–water partition coefficient (Wildman–Crippen LogP) is 2.77. The first-order valence-corrected chi connectivity index (χ1v) is 10.1. The maximum Gasteiger partial charge on any atom is 0.251 e. The molecule has 1 saturated heterocycles. The van der Waals surface area contributed by atoms with E-state index in [1.165, 1.54) is 5.56 Å². The number of nitrogens with zero attached hydrogens (tertiary/aromatic N) is 2. The zero-order valence-electron chi connectivity index (χ0n) is 16.8. The number of amides is 1. The lowest BCUT2D eigenvalue weighted by atomic mass is 10.1. The van der Waals surface area contributed by atoms with Crippen LogP contribution in [0.1, 0.15) is 27.9 Å². The molecule has 3 rings (SSSR count). The van der Waals surface area contributed by atoms with Gasteiger partial charge in [0.2, 0.25) is 0 Å². The topological polar surface area (TPSA) is 44.8 Å². The van der Waals surface area contributed by atoms with Crippen LogP contribution in [0.3, 0.4) is 0 Å². The fourth-order valence-electron chi connectivity index (χ4n) is 3.54. The minimum absolute atomic E-state index is 0.00310. The molecule has 0 spiro atoms. The van der Waals surface area contributed by atoms with Gasteiger partial charge in [-0.3, -0.25) is 9.69 Å². The van der Waals surface area contributed by atoms with Crippen LogP contribution in [0.4, 0.5) is 0 Å². The van der Waals surface area contributed by atoms with Crippen LogP contribution in [0.15, 0.2) is 54.6 Å². The van der Waals surface area contributed by atoms with Gasteiger partial charge >= 0.3 is 0 Å². The number of benzene rings is 2. The third kappa shape index (κ3) is 6.44. The molecule has 1 aliphatic heterocycles. The molecule has 2 aromatic rings. The summed E-state index contributed by atoms with van der Waals surface area (Å²) in [4.78, 5) is 17.2. The summed E-state index contributed by atoms with van der Waals surface area (Å²) in [5.74, 6) is -0.00310. The van der Waals surface area contributed by atoms with Gasteiger partial charge in [0, 0.05) is 51.9 Å². The molecule has 5 heteroatoms. The molecule has 1 fully saturated rings. The Balaban J connectivity index is 1.30. The third-order valence-electron chi connectivity index (χ3n) is 5.18. The highest BCUT2D eigenvalue weighted by Crippen LogP contribution is 2.09. The van der Waals surface area contributed by atoms with Crippen molar-refractivity contribution in [1.82, 2.24) is 15.1 Å². The third-order valence-corrected chi connectivity index (χ3v) is 5.18. The molecule has 0 aliphatic carbocycles. The molecule has 0 unspecified atom stereocenters. The van der Waals surface area contributed by atoms with Crippen molar-refractivity contribution in [2.24, 2.45) is 0 Å². The average molecular weight is 382 g/mol. The van der Waals surface area contributed by atoms with Crippen molar-refractivity contribution in [3.05, 3.63) is 71.3 Å². The standard InChI is InChI=1S/C23H31N3O2/c1-28-19-21-8-10-22(11-9-21)23(27)24-12-5-13-25-14-16-26(17-15-25)18-20-6-3-2-4-7-20/h2-4,6-11H,5,12-19H2,1H3,(H,24,27). The van der Waals surface area contributed by atoms with Gasteiger partial charge < -0.3 is 15.0 Å². The average Bonchev–Trinajstić information content (AvgIpc) is 2.74. The van der Waals surface area contributed by atoms with Gasteiger partial charge in [0.15, 0.2) is 0 Å². The minimum atomic E-state index is -0.00310. The zero-order valence-corrected chi connectivity index (χ0v) is 16.8. The normalized spacial score (nSPS) is 15.5. The highest BCUT2D eigenvalue weighted by atomic mass is 16.5. The molecule has 0 saturated carbocycles. The lowest BCUT2D eigenvalue weighted by molar-refractivity contribution is 0.0947. The van der Waals surface area contributed by atoms with Gasteiger partial charge in [-0.15, -0.1) is 0 Å². The summed E-state index contributed by atoms with van der Waals surface area (Å²) in [5.41, 5.74) is 3.16. The van der Waals surface area contributed by atoms with E-state index >= 15 is 0 Å². The number of ether oxygens (including phenoxy) is 1. The number of hydrogen-bond acceptors (Lipinski definition) is 4. The van der Waals surface area contributed by atoms with Crippen LogP contribution in [-0.2, 0) is 17.9 Å². The van der Waals surface area contributed by atoms with Crippen LogP contribution >= 0.6 is 0 Å². The van der Waals surface area contributed by atoms with Gasteiger partial charge in [0.1, 0.15) is 0 Å². The van der Waals surface area contributed by atoms with Crippen LogP contribution in [0.25, 0.3) is 0 Å². The Kier molecular flexibility index (Phi) is 8.03. The number of carbonyl (C=O) groups is 1. The number of rotatable bonds is 9. The number of carbonyl (C=O) groups excluding carboxylic acids is 1. The Morgan fingerprint density at radius 2 is 1.61 bits per heavy atom. The molecule has 1 aliphatic rings. The molecule has 1 heterocycles. The second-order valence-electron chi connectivity index (χ2n) is 7.34. The first-order valence-electron chi connectivity index (χ1n) is 10.1. The fourth-order valence-corrected chi connectivity index (χ4v) is 3.54. The summed E-state index contributed by atoms with van der Waals surface area (Å²) in [5, 5.41) is 3.02. The van der Waals surface area contributed by atoms with Gasteiger partial charge in [0.05, 0.1) is 6.61 Å². The summed E-state index contributed by atoms with van der Waals surface area (Å²) in [7, 11) is 1.67. The number of piperazine rings is 1. The maximum atomic E-state index is 12.2. The Hall–Kier alpha value is -2.21. The number of hydrogen-bond donors (Lipinski definition) is 1. The van der Waals surface area contributed by atoms with Crippen LogP contribution in [0.5, 0.6) is 0 Å². The molecule has 0 radical (unpaired) electrons. The van der Waals surface area contributed by atoms with E-state index in [2.05, 4.69) is 45.4 Å². The van der Waals surface area contributed by atoms with E-state index in [0.29, 0.717) is 18.7 Å². The lowest BCUT2D eigenvalue weighted by Crippen LogP contribution is -2.46. The highest BCUT2D eigenvalue weighted by Gasteiger charge is 2.16. The first kappa shape index (κ1) is 20.5. The maximum absolute atomic E-state index is 12.2. The van der Waals surface area contributed by atoms with Gasteiger partial charge in [-0.2, -0.15) is 0 Å². The second-order valence-corrected chi connectivity index (χ2v) is 7.34. The van der Waals surface area contributed by atoms with Crippen molar-refractivity contribution >= 4 is 5.91 Å². The summed E-state index contributed by atoms with van der Waals surface area (Å²) >= 11 is 0. The van der Waals surface area contributed by atoms with Crippen LogP contribution in [0, 0.1) is 0 Å². The molecule has 1 N–H and O–H groups in total. The predicted molar refractivity (Wildman–Crippen MR) is 112 cm³/mol. The quantitative estimate of drug-likeness (QED) is 0.679. The summed E-state index contributed by atoms with van der Waals surface area (Å²) in [6.07, 6.45) is 0.978. The number of nitrogens with one attached hydrogen (secondary N) is 1. The Bertz CT molecular complexity index is 710. The van der Waals surface area contributed by atoms with Gasteiger partial charge in [-0.25, -0.2) is 0 Å². The second kappa shape index (κ2) is 11.0. The molecule has 0 aromatic heterocycles. The lowest BCUT2D eigenvalue weighted by Gasteiger charge is -2.34. The van der Waals surface area contributed by atoms with Crippen molar-refractivity contribution in [2.75, 3.05) is 46.4 Å². The molecule has 2 aromatic carbocycles. The van der Waals surface area contributed by atoms with E-state index in [9.17, 15) is 4.79 Å². The fraction of sp³-hybridized carbons (Fsp3) is 0.435. The molecule has 1 amide bonds. The van der Waals surface area contributed by atoms with Crippen molar-refractivity contribution in [2.45, 2.75) is 19.6 Å². The van der Waals surface area contributed by atoms with Crippen molar-refractivity contribution in [3.8, 4) is 0 Å². The van der Waals surface area contributed by atoms with Crippen molar-refractivity contribution < 1.29 is 9.53 Å².